The Labute approximate surface area is 146 Å². The lowest BCUT2D eigenvalue weighted by atomic mass is 9.46. The van der Waals surface area contributed by atoms with E-state index in [0.717, 1.165) is 31.3 Å². The van der Waals surface area contributed by atoms with Gasteiger partial charge in [-0.1, -0.05) is 33.4 Å². The molecular weight excluding hydrogens is 304 g/mol. The van der Waals surface area contributed by atoms with Gasteiger partial charge in [0, 0.05) is 0 Å². The number of aliphatic hydroxyl groups excluding tert-OH is 1. The van der Waals surface area contributed by atoms with Gasteiger partial charge in [0.1, 0.15) is 6.10 Å². The van der Waals surface area contributed by atoms with E-state index in [4.69, 9.17) is 4.89 Å². The summed E-state index contributed by atoms with van der Waals surface area (Å²) in [5.41, 5.74) is -0.212. The molecule has 3 N–H and O–H groups in total. The van der Waals surface area contributed by atoms with Gasteiger partial charge >= 0.3 is 0 Å². The zero-order valence-electron chi connectivity index (χ0n) is 15.6. The Morgan fingerprint density at radius 1 is 1.33 bits per heavy atom. The summed E-state index contributed by atoms with van der Waals surface area (Å²) in [6, 6.07) is 0. The predicted octanol–water partition coefficient (Wildman–Crippen LogP) is 3.94. The van der Waals surface area contributed by atoms with Gasteiger partial charge in [0.15, 0.2) is 0 Å². The fourth-order valence-corrected chi connectivity index (χ4v) is 5.52. The molecule has 0 aliphatic heterocycles. The smallest absolute Gasteiger partial charge is 0.114 e. The summed E-state index contributed by atoms with van der Waals surface area (Å²) in [5.74, 6) is 0.392. The fraction of sp³-hybridized carbons (Fsp3) is 0.800. The molecule has 0 aromatic rings. The first-order chi connectivity index (χ1) is 11.0. The van der Waals surface area contributed by atoms with Gasteiger partial charge in [0.25, 0.3) is 0 Å². The van der Waals surface area contributed by atoms with E-state index in [1.807, 2.05) is 0 Å². The summed E-state index contributed by atoms with van der Waals surface area (Å²) in [4.78, 5) is 4.76. The number of hydrogen-bond acceptors (Lipinski definition) is 4. The van der Waals surface area contributed by atoms with E-state index in [1.165, 1.54) is 0 Å². The van der Waals surface area contributed by atoms with Crippen LogP contribution in [-0.4, -0.2) is 33.3 Å². The van der Waals surface area contributed by atoms with Crippen molar-refractivity contribution in [3.8, 4) is 0 Å². The third kappa shape index (κ3) is 3.48. The summed E-state index contributed by atoms with van der Waals surface area (Å²) >= 11 is 0. The van der Waals surface area contributed by atoms with E-state index in [0.29, 0.717) is 12.3 Å². The Balaban J connectivity index is 2.36. The van der Waals surface area contributed by atoms with E-state index in [1.54, 1.807) is 13.0 Å². The van der Waals surface area contributed by atoms with Crippen molar-refractivity contribution < 1.29 is 20.4 Å². The molecule has 0 spiro atoms. The Morgan fingerprint density at radius 2 is 1.96 bits per heavy atom. The minimum atomic E-state index is -0.929. The Kier molecular flexibility index (Phi) is 5.37. The van der Waals surface area contributed by atoms with Crippen LogP contribution in [0.1, 0.15) is 59.8 Å². The highest BCUT2D eigenvalue weighted by Crippen LogP contribution is 2.62. The van der Waals surface area contributed by atoms with E-state index < -0.39 is 5.60 Å². The van der Waals surface area contributed by atoms with Crippen LogP contribution < -0.4 is 0 Å². The van der Waals surface area contributed by atoms with Crippen molar-refractivity contribution in [2.45, 2.75) is 77.6 Å². The highest BCUT2D eigenvalue weighted by Gasteiger charge is 2.57. The van der Waals surface area contributed by atoms with Crippen molar-refractivity contribution in [3.63, 3.8) is 0 Å². The van der Waals surface area contributed by atoms with Crippen molar-refractivity contribution >= 4 is 0 Å². The zero-order chi connectivity index (χ0) is 18.3. The molecule has 0 saturated heterocycles. The number of rotatable bonds is 5. The van der Waals surface area contributed by atoms with Crippen LogP contribution in [0.4, 0.5) is 0 Å². The van der Waals surface area contributed by atoms with E-state index in [-0.39, 0.29) is 29.0 Å². The van der Waals surface area contributed by atoms with Crippen molar-refractivity contribution in [3.05, 3.63) is 24.8 Å². The average molecular weight is 338 g/mol. The molecule has 138 valence electrons. The van der Waals surface area contributed by atoms with Crippen LogP contribution in [0.3, 0.4) is 0 Å². The lowest BCUT2D eigenvalue weighted by Gasteiger charge is -2.60. The zero-order valence-corrected chi connectivity index (χ0v) is 15.6. The van der Waals surface area contributed by atoms with Crippen LogP contribution in [0.2, 0.25) is 0 Å². The molecule has 0 aromatic heterocycles. The number of aliphatic hydroxyl groups is 2. The molecule has 4 nitrogen and oxygen atoms in total. The lowest BCUT2D eigenvalue weighted by molar-refractivity contribution is -0.287. The second-order valence-electron chi connectivity index (χ2n) is 9.17. The van der Waals surface area contributed by atoms with E-state index >= 15 is 0 Å². The molecule has 0 bridgehead atoms. The molecule has 2 saturated carbocycles. The van der Waals surface area contributed by atoms with Gasteiger partial charge in [0.05, 0.1) is 11.7 Å². The highest BCUT2D eigenvalue weighted by molar-refractivity contribution is 5.21. The Bertz CT molecular complexity index is 496. The molecule has 2 aliphatic carbocycles. The molecule has 4 heteroatoms. The number of fused-ring (bicyclic) bond motifs is 1. The van der Waals surface area contributed by atoms with Crippen LogP contribution >= 0.6 is 0 Å². The third-order valence-corrected chi connectivity index (χ3v) is 6.79. The third-order valence-electron chi connectivity index (χ3n) is 6.79. The first-order valence-corrected chi connectivity index (χ1v) is 9.00. The largest absolute Gasteiger partial charge is 0.393 e. The van der Waals surface area contributed by atoms with Gasteiger partial charge in [-0.05, 0) is 67.3 Å². The molecule has 2 fully saturated rings. The minimum Gasteiger partial charge on any atom is -0.393 e. The maximum Gasteiger partial charge on any atom is 0.114 e. The molecule has 2 aliphatic rings. The molecule has 0 unspecified atom stereocenters. The maximum atomic E-state index is 10.5. The lowest BCUT2D eigenvalue weighted by Crippen LogP contribution is -2.56. The van der Waals surface area contributed by atoms with Gasteiger partial charge in [0.2, 0.25) is 0 Å². The minimum absolute atomic E-state index is 0.0386. The fourth-order valence-electron chi connectivity index (χ4n) is 5.52. The van der Waals surface area contributed by atoms with E-state index in [2.05, 4.69) is 33.9 Å². The van der Waals surface area contributed by atoms with Crippen LogP contribution in [-0.2, 0) is 4.89 Å². The summed E-state index contributed by atoms with van der Waals surface area (Å²) in [6.45, 7) is 16.3. The summed E-state index contributed by atoms with van der Waals surface area (Å²) < 4.78 is 0. The standard InChI is InChI=1S/C20H34O4/c1-7-19(5,22)9-8-15-13(2)16(24-23)10-17-18(3,4)11-14(21)12-20(15,17)6/h7,14-17,21-23H,1-2,8-12H2,3-6H3/t14-,15-,16+,17-,19-,20+/m1/s1. The van der Waals surface area contributed by atoms with Crippen LogP contribution in [0.5, 0.6) is 0 Å². The van der Waals surface area contributed by atoms with Crippen LogP contribution in [0.25, 0.3) is 0 Å². The molecule has 24 heavy (non-hydrogen) atoms. The Hall–Kier alpha value is -0.680. The second-order valence-corrected chi connectivity index (χ2v) is 9.17. The van der Waals surface area contributed by atoms with Gasteiger partial charge in [-0.3, -0.25) is 5.26 Å². The maximum absolute atomic E-state index is 10.5. The SMILES string of the molecule is C=C[C@@](C)(O)CC[C@@H]1C(=C)[C@@H](OO)C[C@@H]2C(C)(C)C[C@@H](O)C[C@@]12C. The summed E-state index contributed by atoms with van der Waals surface area (Å²) in [5, 5.41) is 30.2. The monoisotopic (exact) mass is 338 g/mol. The van der Waals surface area contributed by atoms with Gasteiger partial charge in [-0.15, -0.1) is 6.58 Å². The molecule has 0 amide bonds. The number of hydrogen-bond donors (Lipinski definition) is 3. The summed E-state index contributed by atoms with van der Waals surface area (Å²) in [6.07, 6.45) is 4.36. The molecule has 0 aromatic carbocycles. The van der Waals surface area contributed by atoms with Crippen molar-refractivity contribution in [1.29, 1.82) is 0 Å². The molecule has 6 atom stereocenters. The van der Waals surface area contributed by atoms with Crippen molar-refractivity contribution in [1.82, 2.24) is 0 Å². The first-order valence-electron chi connectivity index (χ1n) is 9.00. The quantitative estimate of drug-likeness (QED) is 0.403. The summed E-state index contributed by atoms with van der Waals surface area (Å²) in [7, 11) is 0. The van der Waals surface area contributed by atoms with Crippen LogP contribution in [0.15, 0.2) is 24.8 Å². The van der Waals surface area contributed by atoms with Crippen LogP contribution in [0, 0.1) is 22.7 Å². The van der Waals surface area contributed by atoms with E-state index in [9.17, 15) is 15.5 Å². The van der Waals surface area contributed by atoms with Gasteiger partial charge < -0.3 is 10.2 Å². The molecule has 0 heterocycles. The van der Waals surface area contributed by atoms with Gasteiger partial charge in [-0.25, -0.2) is 4.89 Å². The molecule has 0 radical (unpaired) electrons. The molecule has 2 rings (SSSR count). The topological polar surface area (TPSA) is 69.9 Å². The van der Waals surface area contributed by atoms with Gasteiger partial charge in [-0.2, -0.15) is 0 Å². The first kappa shape index (κ1) is 19.6. The predicted molar refractivity (Wildman–Crippen MR) is 95.4 cm³/mol. The normalized spacial score (nSPS) is 41.4. The second kappa shape index (κ2) is 6.56. The average Bonchev–Trinajstić information content (AvgIpc) is 2.44. The van der Waals surface area contributed by atoms with Crippen molar-refractivity contribution in [2.24, 2.45) is 22.7 Å². The van der Waals surface area contributed by atoms with Crippen molar-refractivity contribution in [2.75, 3.05) is 0 Å². The Morgan fingerprint density at radius 3 is 2.50 bits per heavy atom. The molecular formula is C20H34O4. The highest BCUT2D eigenvalue weighted by atomic mass is 17.1.